The topological polar surface area (TPSA) is 120 Å². The molecule has 5 aromatic rings. The van der Waals surface area contributed by atoms with Gasteiger partial charge < -0.3 is 30.0 Å². The standard InChI is InChI=1S/C28H27ClF2N2O2.C21H21ClF2N2O2/c29-21-8-6-19(7-9-21)16-23-26(18-35-28-25(31)11-10-24(30)27(23)28)33-22(12-14-32)13-15-34-17-20-4-2-1-3-5-20;22-14-3-1-13(2-4-14)11-16-19(26-15(7-9-25)8-10-27)12-28-21-18(24)6-5-17(23)20(16)21/h1-11,22-23,26,33H,12-13,15-18H2;1-6,15-16,19,26-27H,7-8,10-12H2/t22-,23?,26?;15-,16?,19?/m11/s1. The first-order valence-corrected chi connectivity index (χ1v) is 21.5. The Bertz CT molecular complexity index is 2330. The fraction of sp³-hybridized carbons (Fsp3) is 0.347. The predicted molar refractivity (Wildman–Crippen MR) is 234 cm³/mol. The van der Waals surface area contributed by atoms with E-state index in [-0.39, 0.29) is 85.4 Å². The van der Waals surface area contributed by atoms with Crippen molar-refractivity contribution in [1.29, 1.82) is 10.5 Å². The molecule has 0 amide bonds. The Balaban J connectivity index is 0.000000215. The van der Waals surface area contributed by atoms with Crippen LogP contribution in [0.25, 0.3) is 0 Å². The molecule has 0 fully saturated rings. The third-order valence-electron chi connectivity index (χ3n) is 11.2. The summed E-state index contributed by atoms with van der Waals surface area (Å²) in [5, 5.41) is 35.7. The monoisotopic (exact) mass is 902 g/mol. The molecule has 4 unspecified atom stereocenters. The second-order valence-corrected chi connectivity index (χ2v) is 16.4. The van der Waals surface area contributed by atoms with Gasteiger partial charge in [0.05, 0.1) is 31.6 Å². The molecule has 0 aromatic heterocycles. The summed E-state index contributed by atoms with van der Waals surface area (Å²) in [6.45, 7) is 1.18. The van der Waals surface area contributed by atoms with Gasteiger partial charge in [0.1, 0.15) is 24.8 Å². The molecule has 2 aliphatic heterocycles. The van der Waals surface area contributed by atoms with Crippen molar-refractivity contribution in [3.8, 4) is 23.6 Å². The summed E-state index contributed by atoms with van der Waals surface area (Å²) in [6, 6.07) is 32.0. The molecular formula is C49H48Cl2F4N4O4. The number of nitriles is 2. The van der Waals surface area contributed by atoms with Crippen LogP contribution < -0.4 is 20.1 Å². The maximum atomic E-state index is 15.0. The second kappa shape index (κ2) is 23.5. The maximum Gasteiger partial charge on any atom is 0.165 e. The van der Waals surface area contributed by atoms with E-state index in [0.717, 1.165) is 41.0 Å². The quantitative estimate of drug-likeness (QED) is 0.0624. The molecule has 63 heavy (non-hydrogen) atoms. The van der Waals surface area contributed by atoms with Crippen molar-refractivity contribution < 1.29 is 36.9 Å². The second-order valence-electron chi connectivity index (χ2n) is 15.5. The number of nitrogens with one attached hydrogen (secondary N) is 2. The van der Waals surface area contributed by atoms with Gasteiger partial charge in [-0.3, -0.25) is 0 Å². The Morgan fingerprint density at radius 3 is 1.51 bits per heavy atom. The average Bonchev–Trinajstić information content (AvgIpc) is 3.28. The number of nitrogens with zero attached hydrogens (tertiary/aromatic N) is 2. The zero-order valence-electron chi connectivity index (χ0n) is 34.4. The molecule has 14 heteroatoms. The molecule has 2 aliphatic rings. The van der Waals surface area contributed by atoms with E-state index in [1.54, 1.807) is 24.3 Å². The largest absolute Gasteiger partial charge is 0.488 e. The van der Waals surface area contributed by atoms with Crippen LogP contribution in [0.5, 0.6) is 11.5 Å². The molecule has 0 saturated heterocycles. The molecule has 0 saturated carbocycles. The zero-order valence-corrected chi connectivity index (χ0v) is 35.9. The van der Waals surface area contributed by atoms with Crippen LogP contribution in [0.15, 0.2) is 103 Å². The Morgan fingerprint density at radius 2 is 1.06 bits per heavy atom. The van der Waals surface area contributed by atoms with E-state index in [2.05, 4.69) is 22.8 Å². The fourth-order valence-electron chi connectivity index (χ4n) is 8.09. The van der Waals surface area contributed by atoms with Crippen molar-refractivity contribution in [2.75, 3.05) is 26.4 Å². The first kappa shape index (κ1) is 47.3. The molecule has 6 atom stereocenters. The number of fused-ring (bicyclic) bond motifs is 2. The average molecular weight is 904 g/mol. The summed E-state index contributed by atoms with van der Waals surface area (Å²) in [6.07, 6.45) is 2.36. The van der Waals surface area contributed by atoms with E-state index in [0.29, 0.717) is 48.9 Å². The Hall–Kier alpha value is -5.18. The molecule has 0 spiro atoms. The van der Waals surface area contributed by atoms with Gasteiger partial charge in [-0.1, -0.05) is 77.8 Å². The molecule has 0 bridgehead atoms. The van der Waals surface area contributed by atoms with E-state index >= 15 is 0 Å². The van der Waals surface area contributed by atoms with Gasteiger partial charge in [0, 0.05) is 70.4 Å². The van der Waals surface area contributed by atoms with Crippen molar-refractivity contribution in [2.45, 2.75) is 81.1 Å². The highest BCUT2D eigenvalue weighted by molar-refractivity contribution is 6.30. The van der Waals surface area contributed by atoms with Crippen molar-refractivity contribution in [3.05, 3.63) is 164 Å². The molecule has 0 aliphatic carbocycles. The highest BCUT2D eigenvalue weighted by Crippen LogP contribution is 2.41. The van der Waals surface area contributed by atoms with Crippen LogP contribution in [0.4, 0.5) is 17.6 Å². The summed E-state index contributed by atoms with van der Waals surface area (Å²) in [4.78, 5) is 0. The van der Waals surface area contributed by atoms with Gasteiger partial charge >= 0.3 is 0 Å². The normalized spacial score (nSPS) is 18.5. The van der Waals surface area contributed by atoms with Crippen LogP contribution in [0.2, 0.25) is 10.0 Å². The number of rotatable bonds is 17. The molecular weight excluding hydrogens is 855 g/mol. The Labute approximate surface area is 375 Å². The van der Waals surface area contributed by atoms with Crippen LogP contribution >= 0.6 is 23.2 Å². The number of benzene rings is 5. The van der Waals surface area contributed by atoms with Gasteiger partial charge in [-0.05, 0) is 90.9 Å². The minimum Gasteiger partial charge on any atom is -0.488 e. The number of aliphatic hydroxyl groups excluding tert-OH is 1. The van der Waals surface area contributed by atoms with E-state index < -0.39 is 29.2 Å². The van der Waals surface area contributed by atoms with Gasteiger partial charge in [-0.15, -0.1) is 0 Å². The summed E-state index contributed by atoms with van der Waals surface area (Å²) >= 11 is 12.0. The molecule has 3 N–H and O–H groups in total. The maximum absolute atomic E-state index is 15.0. The Kier molecular flexibility index (Phi) is 17.6. The molecule has 8 nitrogen and oxygen atoms in total. The lowest BCUT2D eigenvalue weighted by Gasteiger charge is -2.36. The summed E-state index contributed by atoms with van der Waals surface area (Å²) in [7, 11) is 0. The van der Waals surface area contributed by atoms with Crippen LogP contribution in [-0.2, 0) is 24.2 Å². The number of hydrogen-bond acceptors (Lipinski definition) is 8. The molecule has 0 radical (unpaired) electrons. The summed E-state index contributed by atoms with van der Waals surface area (Å²) in [5.74, 6) is -3.09. The van der Waals surface area contributed by atoms with Gasteiger partial charge in [-0.25, -0.2) is 17.6 Å². The van der Waals surface area contributed by atoms with Crippen molar-refractivity contribution in [1.82, 2.24) is 10.6 Å². The highest BCUT2D eigenvalue weighted by Gasteiger charge is 2.38. The molecule has 330 valence electrons. The predicted octanol–water partition coefficient (Wildman–Crippen LogP) is 10.1. The smallest absolute Gasteiger partial charge is 0.165 e. The summed E-state index contributed by atoms with van der Waals surface area (Å²) < 4.78 is 75.4. The van der Waals surface area contributed by atoms with Gasteiger partial charge in [0.15, 0.2) is 23.1 Å². The number of halogens is 6. The third kappa shape index (κ3) is 13.0. The third-order valence-corrected chi connectivity index (χ3v) is 11.7. The van der Waals surface area contributed by atoms with Gasteiger partial charge in [0.2, 0.25) is 0 Å². The lowest BCUT2D eigenvalue weighted by atomic mass is 9.83. The van der Waals surface area contributed by atoms with E-state index in [1.165, 1.54) is 0 Å². The lowest BCUT2D eigenvalue weighted by molar-refractivity contribution is 0.106. The Morgan fingerprint density at radius 1 is 0.619 bits per heavy atom. The van der Waals surface area contributed by atoms with E-state index in [9.17, 15) is 27.9 Å². The lowest BCUT2D eigenvalue weighted by Crippen LogP contribution is -2.48. The van der Waals surface area contributed by atoms with E-state index in [1.807, 2.05) is 54.6 Å². The SMILES string of the molecule is N#CC[C@H](CCO)NC1COc2c(F)ccc(F)c2C1Cc1ccc(Cl)cc1.N#CC[C@H](CCOCc1ccccc1)NC1COc2c(F)ccc(F)c2C1Cc1ccc(Cl)cc1. The van der Waals surface area contributed by atoms with Crippen molar-refractivity contribution in [2.24, 2.45) is 0 Å². The van der Waals surface area contributed by atoms with Crippen molar-refractivity contribution >= 4 is 23.2 Å². The molecule has 7 rings (SSSR count). The number of ether oxygens (including phenoxy) is 3. The van der Waals surface area contributed by atoms with Crippen LogP contribution in [0, 0.1) is 45.9 Å². The van der Waals surface area contributed by atoms with Gasteiger partial charge in [-0.2, -0.15) is 10.5 Å². The number of hydrogen-bond donors (Lipinski definition) is 3. The van der Waals surface area contributed by atoms with Gasteiger partial charge in [0.25, 0.3) is 0 Å². The minimum atomic E-state index is -0.597. The summed E-state index contributed by atoms with van der Waals surface area (Å²) in [5.41, 5.74) is 3.37. The first-order chi connectivity index (χ1) is 30.6. The minimum absolute atomic E-state index is 0.0370. The highest BCUT2D eigenvalue weighted by atomic mass is 35.5. The number of aliphatic hydroxyl groups is 1. The van der Waals surface area contributed by atoms with Crippen LogP contribution in [0.1, 0.15) is 65.3 Å². The fourth-order valence-corrected chi connectivity index (χ4v) is 8.34. The van der Waals surface area contributed by atoms with Crippen LogP contribution in [-0.4, -0.2) is 55.7 Å². The van der Waals surface area contributed by atoms with Crippen molar-refractivity contribution in [3.63, 3.8) is 0 Å². The molecule has 5 aromatic carbocycles. The molecule has 2 heterocycles. The zero-order chi connectivity index (χ0) is 44.7. The van der Waals surface area contributed by atoms with Crippen LogP contribution in [0.3, 0.4) is 0 Å². The first-order valence-electron chi connectivity index (χ1n) is 20.8. The van der Waals surface area contributed by atoms with E-state index in [4.69, 9.17) is 42.7 Å².